The van der Waals surface area contributed by atoms with Gasteiger partial charge in [-0.25, -0.2) is 4.39 Å². The molecule has 0 heterocycles. The highest BCUT2D eigenvalue weighted by atomic mass is 79.9. The van der Waals surface area contributed by atoms with Crippen LogP contribution in [0.3, 0.4) is 0 Å². The number of halogens is 2. The standard InChI is InChI=1S/C16H14BrFO2/c1-10-3-5-13(11(2)19)16(7-10)20-9-12-4-6-15(18)14(17)8-12/h3-8H,9H2,1-2H3. The van der Waals surface area contributed by atoms with Crippen molar-refractivity contribution in [1.82, 2.24) is 0 Å². The van der Waals surface area contributed by atoms with Gasteiger partial charge in [-0.05, 0) is 65.2 Å². The van der Waals surface area contributed by atoms with E-state index < -0.39 is 0 Å². The number of hydrogen-bond donors (Lipinski definition) is 0. The molecule has 0 aliphatic heterocycles. The van der Waals surface area contributed by atoms with Gasteiger partial charge in [-0.3, -0.25) is 4.79 Å². The van der Waals surface area contributed by atoms with Crippen LogP contribution in [0.5, 0.6) is 5.75 Å². The molecule has 2 nitrogen and oxygen atoms in total. The third kappa shape index (κ3) is 3.45. The van der Waals surface area contributed by atoms with E-state index in [-0.39, 0.29) is 18.2 Å². The second kappa shape index (κ2) is 6.18. The Hall–Kier alpha value is -1.68. The van der Waals surface area contributed by atoms with Gasteiger partial charge in [-0.1, -0.05) is 12.1 Å². The van der Waals surface area contributed by atoms with Crippen LogP contribution in [0.2, 0.25) is 0 Å². The zero-order valence-corrected chi connectivity index (χ0v) is 12.8. The Kier molecular flexibility index (Phi) is 4.55. The van der Waals surface area contributed by atoms with E-state index in [9.17, 15) is 9.18 Å². The number of aryl methyl sites for hydroxylation is 1. The van der Waals surface area contributed by atoms with Gasteiger partial charge in [0.1, 0.15) is 18.2 Å². The quantitative estimate of drug-likeness (QED) is 0.758. The SMILES string of the molecule is CC(=O)c1ccc(C)cc1OCc1ccc(F)c(Br)c1. The van der Waals surface area contributed by atoms with Crippen LogP contribution >= 0.6 is 15.9 Å². The summed E-state index contributed by atoms with van der Waals surface area (Å²) in [6.07, 6.45) is 0. The molecule has 0 saturated carbocycles. The third-order valence-corrected chi connectivity index (χ3v) is 3.50. The highest BCUT2D eigenvalue weighted by Gasteiger charge is 2.09. The second-order valence-corrected chi connectivity index (χ2v) is 5.45. The first-order valence-electron chi connectivity index (χ1n) is 6.15. The molecule has 0 aliphatic carbocycles. The topological polar surface area (TPSA) is 26.3 Å². The molecule has 0 saturated heterocycles. The minimum absolute atomic E-state index is 0.0414. The smallest absolute Gasteiger partial charge is 0.163 e. The van der Waals surface area contributed by atoms with E-state index in [0.29, 0.717) is 15.8 Å². The van der Waals surface area contributed by atoms with Crippen molar-refractivity contribution in [1.29, 1.82) is 0 Å². The van der Waals surface area contributed by atoms with Crippen LogP contribution in [0.15, 0.2) is 40.9 Å². The highest BCUT2D eigenvalue weighted by Crippen LogP contribution is 2.23. The summed E-state index contributed by atoms with van der Waals surface area (Å²) in [4.78, 5) is 11.6. The third-order valence-electron chi connectivity index (χ3n) is 2.89. The molecule has 2 aromatic rings. The van der Waals surface area contributed by atoms with Crippen LogP contribution in [0.25, 0.3) is 0 Å². The number of Topliss-reactive ketones (excluding diaryl/α,β-unsaturated/α-hetero) is 1. The zero-order chi connectivity index (χ0) is 14.7. The van der Waals surface area contributed by atoms with E-state index in [1.807, 2.05) is 19.1 Å². The predicted octanol–water partition coefficient (Wildman–Crippen LogP) is 4.68. The van der Waals surface area contributed by atoms with E-state index >= 15 is 0 Å². The van der Waals surface area contributed by atoms with E-state index in [2.05, 4.69) is 15.9 Å². The Balaban J connectivity index is 2.20. The lowest BCUT2D eigenvalue weighted by atomic mass is 10.1. The Labute approximate surface area is 125 Å². The van der Waals surface area contributed by atoms with Crippen molar-refractivity contribution in [2.45, 2.75) is 20.5 Å². The van der Waals surface area contributed by atoms with Gasteiger partial charge >= 0.3 is 0 Å². The lowest BCUT2D eigenvalue weighted by molar-refractivity contribution is 0.101. The number of carbonyl (C=O) groups is 1. The van der Waals surface area contributed by atoms with Crippen molar-refractivity contribution in [2.75, 3.05) is 0 Å². The molecule has 0 fully saturated rings. The minimum Gasteiger partial charge on any atom is -0.488 e. The number of benzene rings is 2. The number of ether oxygens (including phenoxy) is 1. The molecule has 2 rings (SSSR count). The summed E-state index contributed by atoms with van der Waals surface area (Å²) in [5.41, 5.74) is 2.40. The van der Waals surface area contributed by atoms with Gasteiger partial charge in [0, 0.05) is 0 Å². The van der Waals surface area contributed by atoms with Crippen molar-refractivity contribution in [3.05, 3.63) is 63.4 Å². The van der Waals surface area contributed by atoms with Crippen molar-refractivity contribution in [2.24, 2.45) is 0 Å². The minimum atomic E-state index is -0.311. The first-order chi connectivity index (χ1) is 9.47. The van der Waals surface area contributed by atoms with Crippen LogP contribution in [-0.4, -0.2) is 5.78 Å². The molecule has 104 valence electrons. The van der Waals surface area contributed by atoms with E-state index in [1.54, 1.807) is 18.2 Å². The molecule has 0 N–H and O–H groups in total. The van der Waals surface area contributed by atoms with Gasteiger partial charge in [-0.2, -0.15) is 0 Å². The van der Waals surface area contributed by atoms with Gasteiger partial charge in [0.05, 0.1) is 10.0 Å². The summed E-state index contributed by atoms with van der Waals surface area (Å²) in [7, 11) is 0. The predicted molar refractivity (Wildman–Crippen MR) is 79.6 cm³/mol. The monoisotopic (exact) mass is 336 g/mol. The Morgan fingerprint density at radius 1 is 1.25 bits per heavy atom. The van der Waals surface area contributed by atoms with Crippen LogP contribution in [-0.2, 0) is 6.61 Å². The summed E-state index contributed by atoms with van der Waals surface area (Å²) in [6, 6.07) is 10.2. The average molecular weight is 337 g/mol. The van der Waals surface area contributed by atoms with Crippen LogP contribution in [0.1, 0.15) is 28.4 Å². The molecular weight excluding hydrogens is 323 g/mol. The van der Waals surface area contributed by atoms with Gasteiger partial charge in [0.15, 0.2) is 5.78 Å². The van der Waals surface area contributed by atoms with Gasteiger partial charge in [0.25, 0.3) is 0 Å². The Morgan fingerprint density at radius 2 is 2.00 bits per heavy atom. The fourth-order valence-electron chi connectivity index (χ4n) is 1.83. The van der Waals surface area contributed by atoms with Gasteiger partial charge in [-0.15, -0.1) is 0 Å². The molecule has 0 spiro atoms. The molecule has 0 aliphatic rings. The number of carbonyl (C=O) groups excluding carboxylic acids is 1. The highest BCUT2D eigenvalue weighted by molar-refractivity contribution is 9.10. The maximum atomic E-state index is 13.2. The largest absolute Gasteiger partial charge is 0.488 e. The summed E-state index contributed by atoms with van der Waals surface area (Å²) >= 11 is 3.14. The normalized spacial score (nSPS) is 10.4. The van der Waals surface area contributed by atoms with Crippen molar-refractivity contribution in [3.8, 4) is 5.75 Å². The number of hydrogen-bond acceptors (Lipinski definition) is 2. The molecule has 0 aromatic heterocycles. The molecule has 4 heteroatoms. The average Bonchev–Trinajstić information content (AvgIpc) is 2.40. The molecule has 20 heavy (non-hydrogen) atoms. The van der Waals surface area contributed by atoms with Crippen LogP contribution in [0.4, 0.5) is 4.39 Å². The van der Waals surface area contributed by atoms with E-state index in [1.165, 1.54) is 13.0 Å². The summed E-state index contributed by atoms with van der Waals surface area (Å²) in [5.74, 6) is 0.201. The van der Waals surface area contributed by atoms with E-state index in [4.69, 9.17) is 4.74 Å². The fourth-order valence-corrected chi connectivity index (χ4v) is 2.26. The molecule has 0 radical (unpaired) electrons. The Morgan fingerprint density at radius 3 is 2.65 bits per heavy atom. The van der Waals surface area contributed by atoms with Crippen molar-refractivity contribution in [3.63, 3.8) is 0 Å². The molecule has 2 aromatic carbocycles. The maximum Gasteiger partial charge on any atom is 0.163 e. The van der Waals surface area contributed by atoms with Crippen molar-refractivity contribution < 1.29 is 13.9 Å². The fraction of sp³-hybridized carbons (Fsp3) is 0.188. The molecule has 0 atom stereocenters. The number of ketones is 1. The maximum absolute atomic E-state index is 13.2. The molecule has 0 unspecified atom stereocenters. The number of rotatable bonds is 4. The first kappa shape index (κ1) is 14.7. The summed E-state index contributed by atoms with van der Waals surface area (Å²) in [6.45, 7) is 3.72. The lowest BCUT2D eigenvalue weighted by Crippen LogP contribution is -2.02. The molecule has 0 amide bonds. The molecular formula is C16H14BrFO2. The van der Waals surface area contributed by atoms with Crippen LogP contribution in [0, 0.1) is 12.7 Å². The lowest BCUT2D eigenvalue weighted by Gasteiger charge is -2.11. The zero-order valence-electron chi connectivity index (χ0n) is 11.2. The second-order valence-electron chi connectivity index (χ2n) is 4.59. The van der Waals surface area contributed by atoms with Gasteiger partial charge in [0.2, 0.25) is 0 Å². The van der Waals surface area contributed by atoms with E-state index in [0.717, 1.165) is 11.1 Å². The van der Waals surface area contributed by atoms with Crippen molar-refractivity contribution >= 4 is 21.7 Å². The van der Waals surface area contributed by atoms with Gasteiger partial charge < -0.3 is 4.74 Å². The summed E-state index contributed by atoms with van der Waals surface area (Å²) in [5, 5.41) is 0. The molecule has 0 bridgehead atoms. The summed E-state index contributed by atoms with van der Waals surface area (Å²) < 4.78 is 19.2. The Bertz CT molecular complexity index is 653. The van der Waals surface area contributed by atoms with Crippen LogP contribution < -0.4 is 4.74 Å². The first-order valence-corrected chi connectivity index (χ1v) is 6.95.